The van der Waals surface area contributed by atoms with Crippen LogP contribution in [0.5, 0.6) is 0 Å². The van der Waals surface area contributed by atoms with Crippen molar-refractivity contribution in [1.29, 1.82) is 5.26 Å². The number of nitriles is 1. The van der Waals surface area contributed by atoms with Crippen molar-refractivity contribution >= 4 is 27.7 Å². The lowest BCUT2D eigenvalue weighted by atomic mass is 10.1. The van der Waals surface area contributed by atoms with E-state index in [9.17, 15) is 4.79 Å². The molecular weight excluding hydrogens is 336 g/mol. The summed E-state index contributed by atoms with van der Waals surface area (Å²) in [6.07, 6.45) is 1.38. The molecule has 0 saturated carbocycles. The van der Waals surface area contributed by atoms with Gasteiger partial charge in [-0.25, -0.2) is 9.48 Å². The Morgan fingerprint density at radius 1 is 1.57 bits per heavy atom. The van der Waals surface area contributed by atoms with Gasteiger partial charge in [-0.2, -0.15) is 10.4 Å². The molecule has 1 aromatic carbocycles. The van der Waals surface area contributed by atoms with Crippen LogP contribution in [0.1, 0.15) is 21.5 Å². The minimum Gasteiger partial charge on any atom is -0.460 e. The number of aryl methyl sites for hydroxylation is 1. The van der Waals surface area contributed by atoms with Crippen molar-refractivity contribution in [2.75, 3.05) is 12.3 Å². The molecule has 0 amide bonds. The van der Waals surface area contributed by atoms with E-state index in [2.05, 4.69) is 21.0 Å². The summed E-state index contributed by atoms with van der Waals surface area (Å²) in [5.41, 5.74) is 7.53. The highest BCUT2D eigenvalue weighted by Crippen LogP contribution is 2.18. The number of hydrogen-bond acceptors (Lipinski definition) is 5. The van der Waals surface area contributed by atoms with E-state index in [-0.39, 0.29) is 12.4 Å². The number of esters is 1. The number of rotatable bonds is 4. The van der Waals surface area contributed by atoms with Gasteiger partial charge >= 0.3 is 5.97 Å². The van der Waals surface area contributed by atoms with Gasteiger partial charge in [0.1, 0.15) is 24.1 Å². The maximum absolute atomic E-state index is 11.9. The van der Waals surface area contributed by atoms with Crippen molar-refractivity contribution in [2.45, 2.75) is 13.5 Å². The van der Waals surface area contributed by atoms with Crippen molar-refractivity contribution in [2.24, 2.45) is 0 Å². The molecule has 2 rings (SSSR count). The van der Waals surface area contributed by atoms with Crippen LogP contribution in [0, 0.1) is 18.3 Å². The summed E-state index contributed by atoms with van der Waals surface area (Å²) in [7, 11) is 0. The molecule has 0 unspecified atom stereocenters. The van der Waals surface area contributed by atoms with Crippen LogP contribution in [-0.2, 0) is 11.3 Å². The van der Waals surface area contributed by atoms with Gasteiger partial charge in [-0.05, 0) is 24.6 Å². The number of halogens is 1. The van der Waals surface area contributed by atoms with Crippen molar-refractivity contribution in [1.82, 2.24) is 9.78 Å². The second kappa shape index (κ2) is 6.41. The first-order chi connectivity index (χ1) is 10.0. The fraction of sp³-hybridized carbons (Fsp3) is 0.214. The first kappa shape index (κ1) is 15.1. The van der Waals surface area contributed by atoms with Crippen LogP contribution < -0.4 is 5.73 Å². The third-order valence-corrected chi connectivity index (χ3v) is 3.80. The van der Waals surface area contributed by atoms with E-state index in [0.29, 0.717) is 17.7 Å². The molecule has 21 heavy (non-hydrogen) atoms. The Labute approximate surface area is 130 Å². The maximum atomic E-state index is 11.9. The van der Waals surface area contributed by atoms with Crippen molar-refractivity contribution in [3.05, 3.63) is 45.6 Å². The molecule has 1 aromatic heterocycles. The number of anilines is 1. The molecule has 0 atom stereocenters. The molecule has 0 aliphatic carbocycles. The SMILES string of the molecule is Cc1ccc(C(=O)OCCn2ncc(C#N)c2N)cc1Br. The highest BCUT2D eigenvalue weighted by atomic mass is 79.9. The van der Waals surface area contributed by atoms with E-state index in [1.165, 1.54) is 10.9 Å². The molecule has 0 bridgehead atoms. The highest BCUT2D eigenvalue weighted by Gasteiger charge is 2.10. The molecule has 0 aliphatic heterocycles. The Bertz CT molecular complexity index is 718. The minimum absolute atomic E-state index is 0.126. The monoisotopic (exact) mass is 348 g/mol. The molecule has 108 valence electrons. The van der Waals surface area contributed by atoms with E-state index in [1.54, 1.807) is 12.1 Å². The van der Waals surface area contributed by atoms with Gasteiger partial charge in [0.25, 0.3) is 0 Å². The quantitative estimate of drug-likeness (QED) is 0.855. The van der Waals surface area contributed by atoms with E-state index in [0.717, 1.165) is 10.0 Å². The number of nitrogen functional groups attached to an aromatic ring is 1. The highest BCUT2D eigenvalue weighted by molar-refractivity contribution is 9.10. The van der Waals surface area contributed by atoms with Crippen molar-refractivity contribution < 1.29 is 9.53 Å². The summed E-state index contributed by atoms with van der Waals surface area (Å²) in [4.78, 5) is 11.9. The molecule has 2 aromatic rings. The first-order valence-electron chi connectivity index (χ1n) is 6.17. The zero-order chi connectivity index (χ0) is 15.4. The third-order valence-electron chi connectivity index (χ3n) is 2.94. The van der Waals surface area contributed by atoms with Crippen LogP contribution in [0.2, 0.25) is 0 Å². The van der Waals surface area contributed by atoms with Crippen molar-refractivity contribution in [3.8, 4) is 6.07 Å². The lowest BCUT2D eigenvalue weighted by Gasteiger charge is -2.07. The average molecular weight is 349 g/mol. The topological polar surface area (TPSA) is 93.9 Å². The summed E-state index contributed by atoms with van der Waals surface area (Å²) >= 11 is 3.37. The molecule has 0 spiro atoms. The maximum Gasteiger partial charge on any atom is 0.338 e. The summed E-state index contributed by atoms with van der Waals surface area (Å²) in [5.74, 6) is -0.145. The molecule has 2 N–H and O–H groups in total. The van der Waals surface area contributed by atoms with Crippen molar-refractivity contribution in [3.63, 3.8) is 0 Å². The number of benzene rings is 1. The normalized spacial score (nSPS) is 10.1. The van der Waals surface area contributed by atoms with Gasteiger partial charge in [0.2, 0.25) is 0 Å². The van der Waals surface area contributed by atoms with Gasteiger partial charge in [0, 0.05) is 4.47 Å². The predicted molar refractivity (Wildman–Crippen MR) is 80.5 cm³/mol. The zero-order valence-electron chi connectivity index (χ0n) is 11.3. The summed E-state index contributed by atoms with van der Waals surface area (Å²) in [6.45, 7) is 2.36. The number of ether oxygens (including phenoxy) is 1. The van der Waals surface area contributed by atoms with Gasteiger partial charge in [0.05, 0.1) is 18.3 Å². The van der Waals surface area contributed by atoms with Crippen LogP contribution in [0.4, 0.5) is 5.82 Å². The second-order valence-electron chi connectivity index (χ2n) is 4.38. The number of nitrogens with two attached hydrogens (primary N) is 1. The van der Waals surface area contributed by atoms with E-state index < -0.39 is 5.97 Å². The van der Waals surface area contributed by atoms with Gasteiger partial charge in [-0.15, -0.1) is 0 Å². The van der Waals surface area contributed by atoms with Crippen LogP contribution >= 0.6 is 15.9 Å². The molecule has 7 heteroatoms. The standard InChI is InChI=1S/C14H13BrN4O2/c1-9-2-3-10(6-12(9)15)14(20)21-5-4-19-13(17)11(7-16)8-18-19/h2-3,6,8H,4-5,17H2,1H3. The molecule has 0 aliphatic rings. The first-order valence-corrected chi connectivity index (χ1v) is 6.97. The fourth-order valence-corrected chi connectivity index (χ4v) is 2.07. The average Bonchev–Trinajstić information content (AvgIpc) is 2.82. The Kier molecular flexibility index (Phi) is 4.60. The molecule has 0 saturated heterocycles. The number of hydrogen-bond donors (Lipinski definition) is 1. The number of carbonyl (C=O) groups excluding carboxylic acids is 1. The van der Waals surface area contributed by atoms with Crippen LogP contribution in [-0.4, -0.2) is 22.4 Å². The summed E-state index contributed by atoms with van der Waals surface area (Å²) in [5, 5.41) is 12.7. The molecular formula is C14H13BrN4O2. The second-order valence-corrected chi connectivity index (χ2v) is 5.23. The van der Waals surface area contributed by atoms with E-state index in [1.807, 2.05) is 19.1 Å². The Morgan fingerprint density at radius 3 is 2.95 bits per heavy atom. The molecule has 1 heterocycles. The van der Waals surface area contributed by atoms with Crippen LogP contribution in [0.3, 0.4) is 0 Å². The zero-order valence-corrected chi connectivity index (χ0v) is 12.9. The lowest BCUT2D eigenvalue weighted by Crippen LogP contribution is -2.14. The van der Waals surface area contributed by atoms with Gasteiger partial charge < -0.3 is 10.5 Å². The Balaban J connectivity index is 1.94. The Morgan fingerprint density at radius 2 is 2.33 bits per heavy atom. The number of carbonyl (C=O) groups is 1. The van der Waals surface area contributed by atoms with Gasteiger partial charge in [0.15, 0.2) is 0 Å². The number of aromatic nitrogens is 2. The van der Waals surface area contributed by atoms with E-state index in [4.69, 9.17) is 15.7 Å². The minimum atomic E-state index is -0.415. The van der Waals surface area contributed by atoms with Gasteiger partial charge in [-0.1, -0.05) is 22.0 Å². The van der Waals surface area contributed by atoms with Crippen LogP contribution in [0.25, 0.3) is 0 Å². The third kappa shape index (κ3) is 3.41. The van der Waals surface area contributed by atoms with Crippen LogP contribution in [0.15, 0.2) is 28.9 Å². The van der Waals surface area contributed by atoms with E-state index >= 15 is 0 Å². The summed E-state index contributed by atoms with van der Waals surface area (Å²) in [6, 6.07) is 7.19. The smallest absolute Gasteiger partial charge is 0.338 e. The predicted octanol–water partition coefficient (Wildman–Crippen LogP) is 2.26. The molecule has 6 nitrogen and oxygen atoms in total. The lowest BCUT2D eigenvalue weighted by molar-refractivity contribution is 0.0488. The number of nitrogens with zero attached hydrogens (tertiary/aromatic N) is 3. The largest absolute Gasteiger partial charge is 0.460 e. The van der Waals surface area contributed by atoms with Gasteiger partial charge in [-0.3, -0.25) is 0 Å². The fourth-order valence-electron chi connectivity index (χ4n) is 1.69. The molecule has 0 fully saturated rings. The Hall–Kier alpha value is -2.33. The summed E-state index contributed by atoms with van der Waals surface area (Å²) < 4.78 is 7.45. The molecule has 0 radical (unpaired) electrons.